The predicted molar refractivity (Wildman–Crippen MR) is 54.5 cm³/mol. The topological polar surface area (TPSA) is 25.2 Å². The SMILES string of the molecule is C1=CCC=NC(c2ccncc2)=C1. The highest BCUT2D eigenvalue weighted by molar-refractivity contribution is 5.76. The van der Waals surface area contributed by atoms with Gasteiger partial charge in [0.05, 0.1) is 5.70 Å². The number of allylic oxidation sites excluding steroid dienone is 3. The molecule has 0 N–H and O–H groups in total. The van der Waals surface area contributed by atoms with E-state index >= 15 is 0 Å². The molecule has 1 aliphatic heterocycles. The number of aromatic nitrogens is 1. The Morgan fingerprint density at radius 3 is 2.85 bits per heavy atom. The minimum absolute atomic E-state index is 0.908. The van der Waals surface area contributed by atoms with Crippen LogP contribution >= 0.6 is 0 Å². The lowest BCUT2D eigenvalue weighted by Gasteiger charge is -1.98. The van der Waals surface area contributed by atoms with Crippen LogP contribution in [0.2, 0.25) is 0 Å². The quantitative estimate of drug-likeness (QED) is 0.635. The van der Waals surface area contributed by atoms with E-state index < -0.39 is 0 Å². The molecule has 0 atom stereocenters. The van der Waals surface area contributed by atoms with Crippen molar-refractivity contribution in [2.75, 3.05) is 0 Å². The van der Waals surface area contributed by atoms with Crippen LogP contribution in [0.4, 0.5) is 0 Å². The van der Waals surface area contributed by atoms with Crippen LogP contribution in [0.25, 0.3) is 5.70 Å². The van der Waals surface area contributed by atoms with Gasteiger partial charge in [-0.05, 0) is 18.2 Å². The molecule has 0 amide bonds. The van der Waals surface area contributed by atoms with Crippen molar-refractivity contribution >= 4 is 11.9 Å². The average Bonchev–Trinajstić information content (AvgIpc) is 2.47. The summed E-state index contributed by atoms with van der Waals surface area (Å²) in [6, 6.07) is 3.92. The number of hydrogen-bond donors (Lipinski definition) is 0. The maximum atomic E-state index is 4.34. The van der Waals surface area contributed by atoms with Crippen LogP contribution in [0.5, 0.6) is 0 Å². The van der Waals surface area contributed by atoms with Gasteiger partial charge >= 0.3 is 0 Å². The van der Waals surface area contributed by atoms with Gasteiger partial charge in [0.2, 0.25) is 0 Å². The molecule has 13 heavy (non-hydrogen) atoms. The van der Waals surface area contributed by atoms with E-state index in [4.69, 9.17) is 0 Å². The molecule has 2 heterocycles. The average molecular weight is 170 g/mol. The van der Waals surface area contributed by atoms with Crippen LogP contribution in [0.3, 0.4) is 0 Å². The molecule has 0 fully saturated rings. The van der Waals surface area contributed by atoms with Crippen molar-refractivity contribution in [3.63, 3.8) is 0 Å². The molecule has 0 spiro atoms. The predicted octanol–water partition coefficient (Wildman–Crippen LogP) is 2.45. The summed E-state index contributed by atoms with van der Waals surface area (Å²) in [5.74, 6) is 0. The third kappa shape index (κ3) is 1.90. The zero-order valence-electron chi connectivity index (χ0n) is 7.22. The maximum Gasteiger partial charge on any atom is 0.0699 e. The summed E-state index contributed by atoms with van der Waals surface area (Å²) < 4.78 is 0. The van der Waals surface area contributed by atoms with Crippen molar-refractivity contribution in [2.45, 2.75) is 6.42 Å². The third-order valence-corrected chi connectivity index (χ3v) is 1.84. The fourth-order valence-electron chi connectivity index (χ4n) is 1.19. The summed E-state index contributed by atoms with van der Waals surface area (Å²) in [6.45, 7) is 0. The molecule has 0 unspecified atom stereocenters. The second kappa shape index (κ2) is 3.81. The molecule has 1 aliphatic rings. The Morgan fingerprint density at radius 2 is 2.00 bits per heavy atom. The van der Waals surface area contributed by atoms with Crippen LogP contribution in [0, 0.1) is 0 Å². The Labute approximate surface area is 77.4 Å². The molecule has 64 valence electrons. The smallest absolute Gasteiger partial charge is 0.0699 e. The van der Waals surface area contributed by atoms with Gasteiger partial charge in [0, 0.05) is 30.6 Å². The number of nitrogens with zero attached hydrogens (tertiary/aromatic N) is 2. The van der Waals surface area contributed by atoms with Gasteiger partial charge in [0.1, 0.15) is 0 Å². The van der Waals surface area contributed by atoms with Crippen LogP contribution in [0.15, 0.2) is 47.7 Å². The van der Waals surface area contributed by atoms with E-state index in [9.17, 15) is 0 Å². The minimum Gasteiger partial charge on any atom is -0.265 e. The van der Waals surface area contributed by atoms with Gasteiger partial charge in [0.15, 0.2) is 0 Å². The van der Waals surface area contributed by atoms with Crippen LogP contribution in [0.1, 0.15) is 12.0 Å². The zero-order chi connectivity index (χ0) is 8.93. The lowest BCUT2D eigenvalue weighted by Crippen LogP contribution is -1.81. The van der Waals surface area contributed by atoms with Gasteiger partial charge in [-0.2, -0.15) is 0 Å². The standard InChI is InChI=1S/C11H10N2/c1-2-4-11(13-7-3-1)10-5-8-12-9-6-10/h1-2,4-9H,3H2. The Balaban J connectivity index is 2.36. The first-order valence-electron chi connectivity index (χ1n) is 4.26. The van der Waals surface area contributed by atoms with Crippen molar-refractivity contribution in [2.24, 2.45) is 4.99 Å². The van der Waals surface area contributed by atoms with Crippen molar-refractivity contribution in [3.05, 3.63) is 48.3 Å². The molecule has 2 rings (SSSR count). The molecule has 0 aromatic carbocycles. The number of hydrogen-bond acceptors (Lipinski definition) is 2. The van der Waals surface area contributed by atoms with E-state index in [0.29, 0.717) is 0 Å². The highest BCUT2D eigenvalue weighted by atomic mass is 14.7. The molecule has 2 nitrogen and oxygen atoms in total. The summed E-state index contributed by atoms with van der Waals surface area (Å²) >= 11 is 0. The van der Waals surface area contributed by atoms with E-state index in [1.807, 2.05) is 30.5 Å². The second-order valence-corrected chi connectivity index (χ2v) is 2.76. The van der Waals surface area contributed by atoms with Gasteiger partial charge in [-0.25, -0.2) is 0 Å². The van der Waals surface area contributed by atoms with E-state index in [1.165, 1.54) is 0 Å². The zero-order valence-corrected chi connectivity index (χ0v) is 7.22. The van der Waals surface area contributed by atoms with E-state index in [-0.39, 0.29) is 0 Å². The van der Waals surface area contributed by atoms with Crippen LogP contribution in [-0.2, 0) is 0 Å². The lowest BCUT2D eigenvalue weighted by atomic mass is 10.2. The highest BCUT2D eigenvalue weighted by Gasteiger charge is 1.97. The Bertz CT molecular complexity index is 361. The minimum atomic E-state index is 0.908. The normalized spacial score (nSPS) is 15.2. The summed E-state index contributed by atoms with van der Waals surface area (Å²) in [7, 11) is 0. The summed E-state index contributed by atoms with van der Waals surface area (Å²) in [6.07, 6.45) is 12.5. The van der Waals surface area contributed by atoms with E-state index in [2.05, 4.69) is 16.1 Å². The van der Waals surface area contributed by atoms with Crippen LogP contribution in [-0.4, -0.2) is 11.2 Å². The molecule has 1 aromatic rings. The Hall–Kier alpha value is -1.70. The first-order valence-corrected chi connectivity index (χ1v) is 4.26. The third-order valence-electron chi connectivity index (χ3n) is 1.84. The van der Waals surface area contributed by atoms with Gasteiger partial charge in [-0.1, -0.05) is 12.2 Å². The largest absolute Gasteiger partial charge is 0.265 e. The molecule has 0 bridgehead atoms. The van der Waals surface area contributed by atoms with Crippen molar-refractivity contribution in [1.82, 2.24) is 4.98 Å². The Morgan fingerprint density at radius 1 is 1.15 bits per heavy atom. The van der Waals surface area contributed by atoms with Crippen molar-refractivity contribution in [1.29, 1.82) is 0 Å². The summed E-state index contributed by atoms with van der Waals surface area (Å²) in [5.41, 5.74) is 2.11. The fourth-order valence-corrected chi connectivity index (χ4v) is 1.19. The van der Waals surface area contributed by atoms with Gasteiger partial charge in [-0.15, -0.1) is 0 Å². The molecular weight excluding hydrogens is 160 g/mol. The maximum absolute atomic E-state index is 4.34. The molecule has 0 saturated carbocycles. The molecule has 0 aliphatic carbocycles. The molecule has 0 saturated heterocycles. The summed E-state index contributed by atoms with van der Waals surface area (Å²) in [4.78, 5) is 8.31. The lowest BCUT2D eigenvalue weighted by molar-refractivity contribution is 1.31. The molecule has 2 heteroatoms. The van der Waals surface area contributed by atoms with Crippen molar-refractivity contribution in [3.8, 4) is 0 Å². The number of rotatable bonds is 1. The van der Waals surface area contributed by atoms with Gasteiger partial charge in [0.25, 0.3) is 0 Å². The molecule has 0 radical (unpaired) electrons. The van der Waals surface area contributed by atoms with E-state index in [0.717, 1.165) is 17.7 Å². The first-order chi connectivity index (χ1) is 6.47. The van der Waals surface area contributed by atoms with Crippen molar-refractivity contribution < 1.29 is 0 Å². The van der Waals surface area contributed by atoms with E-state index in [1.54, 1.807) is 12.4 Å². The molecule has 1 aromatic heterocycles. The number of aliphatic imine (C=N–C) groups is 1. The second-order valence-electron chi connectivity index (χ2n) is 2.76. The van der Waals surface area contributed by atoms with Gasteiger partial charge < -0.3 is 0 Å². The summed E-state index contributed by atoms with van der Waals surface area (Å²) in [5, 5.41) is 0. The Kier molecular flexibility index (Phi) is 2.32. The molecular formula is C11H10N2. The van der Waals surface area contributed by atoms with Crippen LogP contribution < -0.4 is 0 Å². The monoisotopic (exact) mass is 170 g/mol. The van der Waals surface area contributed by atoms with Gasteiger partial charge in [-0.3, -0.25) is 9.98 Å². The first kappa shape index (κ1) is 7.92. The highest BCUT2D eigenvalue weighted by Crippen LogP contribution is 2.15. The number of pyridine rings is 1. The fraction of sp³-hybridized carbons (Fsp3) is 0.0909.